The minimum absolute atomic E-state index is 0.0939. The number of allylic oxidation sites excluding steroid dienone is 2. The van der Waals surface area contributed by atoms with Gasteiger partial charge in [-0.15, -0.1) is 0 Å². The molecule has 2 aliphatic carbocycles. The van der Waals surface area contributed by atoms with Crippen LogP contribution in [0.2, 0.25) is 0 Å². The van der Waals surface area contributed by atoms with Crippen molar-refractivity contribution in [3.05, 3.63) is 42.0 Å². The van der Waals surface area contributed by atoms with Crippen molar-refractivity contribution in [3.63, 3.8) is 0 Å². The van der Waals surface area contributed by atoms with E-state index in [1.807, 2.05) is 12.2 Å². The van der Waals surface area contributed by atoms with Gasteiger partial charge in [0, 0.05) is 0 Å². The summed E-state index contributed by atoms with van der Waals surface area (Å²) in [6.07, 6.45) is 4.84. The third-order valence-corrected chi connectivity index (χ3v) is 8.03. The molecule has 1 aromatic rings. The number of fused-ring (bicyclic) bond motifs is 6. The molecule has 1 aromatic carbocycles. The second kappa shape index (κ2) is 5.51. The van der Waals surface area contributed by atoms with Gasteiger partial charge in [-0.3, -0.25) is 19.3 Å². The summed E-state index contributed by atoms with van der Waals surface area (Å²) in [5, 5.41) is 2.68. The first-order chi connectivity index (χ1) is 12.9. The number of benzene rings is 1. The van der Waals surface area contributed by atoms with Crippen LogP contribution in [0.4, 0.5) is 0 Å². The maximum absolute atomic E-state index is 12.7. The number of imide groups is 1. The summed E-state index contributed by atoms with van der Waals surface area (Å²) in [5.74, 6) is -1.78. The minimum atomic E-state index is -3.44. The molecule has 2 fully saturated rings. The molecule has 1 saturated heterocycles. The number of carbonyl (C=O) groups is 3. The van der Waals surface area contributed by atoms with Crippen molar-refractivity contribution in [2.24, 2.45) is 23.7 Å². The van der Waals surface area contributed by atoms with Gasteiger partial charge >= 0.3 is 0 Å². The van der Waals surface area contributed by atoms with E-state index in [0.29, 0.717) is 5.56 Å². The summed E-state index contributed by atoms with van der Waals surface area (Å²) in [5.41, 5.74) is 0.545. The summed E-state index contributed by atoms with van der Waals surface area (Å²) in [4.78, 5) is 39.1. The Kier molecular flexibility index (Phi) is 3.40. The molecule has 5 atom stereocenters. The van der Waals surface area contributed by atoms with Gasteiger partial charge in [-0.2, -0.15) is 0 Å². The predicted octanol–water partition coefficient (Wildman–Crippen LogP) is 0.438. The Balaban J connectivity index is 1.31. The molecule has 1 saturated carbocycles. The number of amides is 3. The van der Waals surface area contributed by atoms with Crippen LogP contribution in [-0.4, -0.2) is 43.3 Å². The zero-order valence-electron chi connectivity index (χ0n) is 14.4. The molecular weight excluding hydrogens is 368 g/mol. The number of rotatable bonds is 3. The zero-order chi connectivity index (χ0) is 18.9. The molecule has 5 rings (SSSR count). The lowest BCUT2D eigenvalue weighted by molar-refractivity contribution is -0.144. The number of nitrogens with one attached hydrogen (secondary N) is 1. The molecule has 2 bridgehead atoms. The Labute approximate surface area is 156 Å². The highest BCUT2D eigenvalue weighted by atomic mass is 32.2. The highest BCUT2D eigenvalue weighted by molar-refractivity contribution is 7.91. The first kappa shape index (κ1) is 16.7. The van der Waals surface area contributed by atoms with Crippen molar-refractivity contribution < 1.29 is 22.8 Å². The van der Waals surface area contributed by atoms with Crippen molar-refractivity contribution in [2.75, 3.05) is 12.3 Å². The van der Waals surface area contributed by atoms with Gasteiger partial charge in [0.1, 0.15) is 6.54 Å². The number of nitrogens with zero attached hydrogens (tertiary/aromatic N) is 1. The largest absolute Gasteiger partial charge is 0.347 e. The fraction of sp³-hybridized carbons (Fsp3) is 0.421. The average Bonchev–Trinajstić information content (AvgIpc) is 3.35. The Morgan fingerprint density at radius 1 is 1.07 bits per heavy atom. The molecule has 0 spiro atoms. The fourth-order valence-electron chi connectivity index (χ4n) is 5.07. The predicted molar refractivity (Wildman–Crippen MR) is 93.8 cm³/mol. The van der Waals surface area contributed by atoms with Crippen LogP contribution in [0.25, 0.3) is 0 Å². The van der Waals surface area contributed by atoms with Crippen molar-refractivity contribution in [1.29, 1.82) is 0 Å². The summed E-state index contributed by atoms with van der Waals surface area (Å²) in [6.45, 7) is -0.358. The zero-order valence-corrected chi connectivity index (χ0v) is 15.2. The van der Waals surface area contributed by atoms with Gasteiger partial charge in [0.05, 0.1) is 28.5 Å². The summed E-state index contributed by atoms with van der Waals surface area (Å²) >= 11 is 0. The first-order valence-electron chi connectivity index (χ1n) is 9.01. The van der Waals surface area contributed by atoms with E-state index in [4.69, 9.17) is 0 Å². The Morgan fingerprint density at radius 3 is 2.37 bits per heavy atom. The molecule has 0 aromatic heterocycles. The van der Waals surface area contributed by atoms with E-state index >= 15 is 0 Å². The number of hydrogen-bond donors (Lipinski definition) is 1. The monoisotopic (exact) mass is 386 g/mol. The van der Waals surface area contributed by atoms with E-state index < -0.39 is 21.8 Å². The highest BCUT2D eigenvalue weighted by Gasteiger charge is 2.59. The van der Waals surface area contributed by atoms with E-state index in [1.54, 1.807) is 18.2 Å². The van der Waals surface area contributed by atoms with Crippen LogP contribution in [0.1, 0.15) is 18.0 Å². The van der Waals surface area contributed by atoms with Crippen LogP contribution in [0.15, 0.2) is 41.3 Å². The normalized spacial score (nSPS) is 34.8. The Hall–Kier alpha value is -2.48. The lowest BCUT2D eigenvalue weighted by atomic mass is 9.85. The highest BCUT2D eigenvalue weighted by Crippen LogP contribution is 2.52. The van der Waals surface area contributed by atoms with Crippen molar-refractivity contribution in [1.82, 2.24) is 10.2 Å². The van der Waals surface area contributed by atoms with E-state index in [9.17, 15) is 22.8 Å². The molecule has 0 unspecified atom stereocenters. The van der Waals surface area contributed by atoms with Crippen molar-refractivity contribution >= 4 is 27.6 Å². The maximum atomic E-state index is 12.7. The quantitative estimate of drug-likeness (QED) is 0.600. The van der Waals surface area contributed by atoms with Crippen LogP contribution in [0, 0.1) is 23.7 Å². The molecule has 3 amide bonds. The Bertz CT molecular complexity index is 985. The molecule has 140 valence electrons. The van der Waals surface area contributed by atoms with Crippen LogP contribution < -0.4 is 5.32 Å². The molecule has 4 aliphatic rings. The summed E-state index contributed by atoms with van der Waals surface area (Å²) < 4.78 is 24.5. The van der Waals surface area contributed by atoms with E-state index in [2.05, 4.69) is 5.32 Å². The molecule has 0 radical (unpaired) electrons. The van der Waals surface area contributed by atoms with Gasteiger partial charge in [0.2, 0.25) is 17.7 Å². The summed E-state index contributed by atoms with van der Waals surface area (Å²) in [6, 6.07) is 5.89. The lowest BCUT2D eigenvalue weighted by Gasteiger charge is -2.19. The minimum Gasteiger partial charge on any atom is -0.347 e. The van der Waals surface area contributed by atoms with Crippen LogP contribution in [0.3, 0.4) is 0 Å². The molecular formula is C19H18N2O5S. The fourth-order valence-corrected chi connectivity index (χ4v) is 6.81. The topological polar surface area (TPSA) is 101 Å². The maximum Gasteiger partial charge on any atom is 0.240 e. The standard InChI is InChI=1S/C19H18N2O5S/c22-15(20-13-9-27(25,26)14-4-2-1-3-12(13)14)8-21-18(23)16-10-5-6-11(7-10)17(16)19(21)24/h1-6,10-11,13,16-17H,7-9H2,(H,20,22)/t10-,11-,13-,16-,17+/m1/s1. The van der Waals surface area contributed by atoms with E-state index in [1.165, 1.54) is 6.07 Å². The van der Waals surface area contributed by atoms with E-state index in [-0.39, 0.29) is 52.7 Å². The third-order valence-electron chi connectivity index (χ3n) is 6.21. The molecule has 8 heteroatoms. The SMILES string of the molecule is O=C(CN1C(=O)[C@@H]2[C@H](C1=O)[C@@H]1C=C[C@@H]2C1)N[C@@H]1CS(=O)(=O)c2ccccc21. The van der Waals surface area contributed by atoms with Crippen LogP contribution in [-0.2, 0) is 24.2 Å². The second-order valence-electron chi connectivity index (χ2n) is 7.70. The van der Waals surface area contributed by atoms with Crippen LogP contribution >= 0.6 is 0 Å². The lowest BCUT2D eigenvalue weighted by Crippen LogP contribution is -2.43. The van der Waals surface area contributed by atoms with Gasteiger partial charge < -0.3 is 5.32 Å². The van der Waals surface area contributed by atoms with Gasteiger partial charge in [-0.25, -0.2) is 8.42 Å². The number of carbonyl (C=O) groups excluding carboxylic acids is 3. The number of sulfone groups is 1. The van der Waals surface area contributed by atoms with Gasteiger partial charge in [0.15, 0.2) is 9.84 Å². The Morgan fingerprint density at radius 2 is 1.70 bits per heavy atom. The number of hydrogen-bond acceptors (Lipinski definition) is 5. The molecule has 1 N–H and O–H groups in total. The van der Waals surface area contributed by atoms with Crippen LogP contribution in [0.5, 0.6) is 0 Å². The second-order valence-corrected chi connectivity index (χ2v) is 9.70. The third kappa shape index (κ3) is 2.32. The van der Waals surface area contributed by atoms with Crippen molar-refractivity contribution in [2.45, 2.75) is 17.4 Å². The average molecular weight is 386 g/mol. The van der Waals surface area contributed by atoms with E-state index in [0.717, 1.165) is 11.3 Å². The molecule has 2 heterocycles. The smallest absolute Gasteiger partial charge is 0.240 e. The first-order valence-corrected chi connectivity index (χ1v) is 10.7. The molecule has 2 aliphatic heterocycles. The summed E-state index contributed by atoms with van der Waals surface area (Å²) in [7, 11) is -3.44. The van der Waals surface area contributed by atoms with Gasteiger partial charge in [0.25, 0.3) is 0 Å². The number of likely N-dealkylation sites (tertiary alicyclic amines) is 1. The van der Waals surface area contributed by atoms with Crippen molar-refractivity contribution in [3.8, 4) is 0 Å². The van der Waals surface area contributed by atoms with Gasteiger partial charge in [-0.1, -0.05) is 30.4 Å². The molecule has 7 nitrogen and oxygen atoms in total. The molecule has 27 heavy (non-hydrogen) atoms. The van der Waals surface area contributed by atoms with Gasteiger partial charge in [-0.05, 0) is 29.9 Å².